The lowest BCUT2D eigenvalue weighted by atomic mass is 10.4. The zero-order valence-electron chi connectivity index (χ0n) is 10.3. The Morgan fingerprint density at radius 1 is 1.47 bits per heavy atom. The van der Waals surface area contributed by atoms with E-state index in [1.807, 2.05) is 25.3 Å². The third kappa shape index (κ3) is 2.74. The van der Waals surface area contributed by atoms with Crippen molar-refractivity contribution in [1.82, 2.24) is 9.38 Å². The van der Waals surface area contributed by atoms with Gasteiger partial charge in [0.2, 0.25) is 0 Å². The molecule has 4 nitrogen and oxygen atoms in total. The summed E-state index contributed by atoms with van der Waals surface area (Å²) in [6, 6.07) is 5.43. The van der Waals surface area contributed by atoms with Gasteiger partial charge in [0, 0.05) is 22.9 Å². The van der Waals surface area contributed by atoms with Crippen molar-refractivity contribution in [2.45, 2.75) is 18.4 Å². The quantitative estimate of drug-likeness (QED) is 0.741. The Morgan fingerprint density at radius 3 is 3.16 bits per heavy atom. The molecule has 0 fully saturated rings. The Hall–Kier alpha value is -1.53. The molecule has 0 N–H and O–H groups in total. The molecule has 3 aromatic heterocycles. The van der Waals surface area contributed by atoms with Crippen LogP contribution in [0.5, 0.6) is 0 Å². The highest BCUT2D eigenvalue weighted by molar-refractivity contribution is 7.97. The summed E-state index contributed by atoms with van der Waals surface area (Å²) in [5, 5.41) is 0. The van der Waals surface area contributed by atoms with E-state index in [4.69, 9.17) is 4.42 Å². The molecule has 0 aliphatic carbocycles. The van der Waals surface area contributed by atoms with Crippen LogP contribution in [0.3, 0.4) is 0 Å². The van der Waals surface area contributed by atoms with Gasteiger partial charge in [0.05, 0.1) is 17.7 Å². The standard InChI is InChI=1S/C13H12N2O2S2/c1-9-6-15-12(16)5-10(14-13(15)19-9)7-18-8-11-3-2-4-17-11/h2-6H,7-8H2,1H3. The summed E-state index contributed by atoms with van der Waals surface area (Å²) in [6.45, 7) is 1.98. The third-order valence-corrected chi connectivity index (χ3v) is 4.50. The second kappa shape index (κ2) is 5.22. The van der Waals surface area contributed by atoms with Crippen molar-refractivity contribution in [3.63, 3.8) is 0 Å². The first kappa shape index (κ1) is 12.5. The molecular formula is C13H12N2O2S2. The van der Waals surface area contributed by atoms with Crippen LogP contribution in [0.15, 0.2) is 39.9 Å². The fraction of sp³-hybridized carbons (Fsp3) is 0.231. The average Bonchev–Trinajstić information content (AvgIpc) is 2.98. The monoisotopic (exact) mass is 292 g/mol. The molecule has 0 amide bonds. The van der Waals surface area contributed by atoms with Gasteiger partial charge in [-0.2, -0.15) is 0 Å². The fourth-order valence-electron chi connectivity index (χ4n) is 1.78. The van der Waals surface area contributed by atoms with Gasteiger partial charge in [-0.3, -0.25) is 9.20 Å². The lowest BCUT2D eigenvalue weighted by Crippen LogP contribution is -2.12. The van der Waals surface area contributed by atoms with Crippen molar-refractivity contribution >= 4 is 28.1 Å². The maximum absolute atomic E-state index is 11.9. The van der Waals surface area contributed by atoms with Crippen molar-refractivity contribution in [2.75, 3.05) is 0 Å². The van der Waals surface area contributed by atoms with Gasteiger partial charge in [-0.25, -0.2) is 4.98 Å². The van der Waals surface area contributed by atoms with Gasteiger partial charge in [-0.1, -0.05) is 0 Å². The largest absolute Gasteiger partial charge is 0.468 e. The van der Waals surface area contributed by atoms with Gasteiger partial charge in [-0.05, 0) is 19.1 Å². The van der Waals surface area contributed by atoms with Crippen molar-refractivity contribution < 1.29 is 4.42 Å². The number of hydrogen-bond acceptors (Lipinski definition) is 5. The number of fused-ring (bicyclic) bond motifs is 1. The van der Waals surface area contributed by atoms with Gasteiger partial charge in [0.1, 0.15) is 5.76 Å². The Labute approximate surface area is 118 Å². The third-order valence-electron chi connectivity index (χ3n) is 2.61. The molecule has 0 aromatic carbocycles. The molecule has 3 aromatic rings. The second-order valence-electron chi connectivity index (χ2n) is 4.15. The molecule has 3 rings (SSSR count). The lowest BCUT2D eigenvalue weighted by molar-refractivity contribution is 0.530. The predicted octanol–water partition coefficient (Wildman–Crippen LogP) is 3.09. The number of aromatic nitrogens is 2. The Kier molecular flexibility index (Phi) is 3.44. The first-order chi connectivity index (χ1) is 9.22. The number of thioether (sulfide) groups is 1. The van der Waals surface area contributed by atoms with Gasteiger partial charge in [0.25, 0.3) is 5.56 Å². The molecule has 0 atom stereocenters. The Balaban J connectivity index is 1.76. The smallest absolute Gasteiger partial charge is 0.258 e. The van der Waals surface area contributed by atoms with E-state index in [2.05, 4.69) is 4.98 Å². The Morgan fingerprint density at radius 2 is 2.37 bits per heavy atom. The summed E-state index contributed by atoms with van der Waals surface area (Å²) < 4.78 is 6.86. The number of nitrogens with zero attached hydrogens (tertiary/aromatic N) is 2. The topological polar surface area (TPSA) is 47.5 Å². The summed E-state index contributed by atoms with van der Waals surface area (Å²) in [4.78, 5) is 18.3. The summed E-state index contributed by atoms with van der Waals surface area (Å²) in [5.74, 6) is 2.44. The van der Waals surface area contributed by atoms with E-state index in [1.165, 1.54) is 11.3 Å². The summed E-state index contributed by atoms with van der Waals surface area (Å²) in [6.07, 6.45) is 3.50. The highest BCUT2D eigenvalue weighted by Gasteiger charge is 2.06. The van der Waals surface area contributed by atoms with Crippen molar-refractivity contribution in [3.05, 3.63) is 57.3 Å². The van der Waals surface area contributed by atoms with Crippen molar-refractivity contribution in [1.29, 1.82) is 0 Å². The second-order valence-corrected chi connectivity index (χ2v) is 6.35. The van der Waals surface area contributed by atoms with Gasteiger partial charge in [-0.15, -0.1) is 23.1 Å². The maximum atomic E-state index is 11.9. The molecule has 19 heavy (non-hydrogen) atoms. The van der Waals surface area contributed by atoms with Crippen LogP contribution in [0.4, 0.5) is 0 Å². The summed E-state index contributed by atoms with van der Waals surface area (Å²) in [5.41, 5.74) is 0.811. The number of aryl methyl sites for hydroxylation is 1. The van der Waals surface area contributed by atoms with E-state index in [0.717, 1.165) is 27.0 Å². The molecule has 6 heteroatoms. The van der Waals surface area contributed by atoms with Crippen LogP contribution >= 0.6 is 23.1 Å². The van der Waals surface area contributed by atoms with Crippen LogP contribution in [0.25, 0.3) is 4.96 Å². The lowest BCUT2D eigenvalue weighted by Gasteiger charge is -2.00. The molecule has 0 unspecified atom stereocenters. The molecule has 0 spiro atoms. The molecule has 0 saturated heterocycles. The number of thiazole rings is 1. The molecule has 0 aliphatic rings. The zero-order valence-corrected chi connectivity index (χ0v) is 12.0. The number of furan rings is 1. The number of rotatable bonds is 4. The van der Waals surface area contributed by atoms with Gasteiger partial charge >= 0.3 is 0 Å². The summed E-state index contributed by atoms with van der Waals surface area (Å²) in [7, 11) is 0. The normalized spacial score (nSPS) is 11.2. The zero-order chi connectivity index (χ0) is 13.2. The molecule has 0 bridgehead atoms. The minimum absolute atomic E-state index is 0.0112. The van der Waals surface area contributed by atoms with Crippen LogP contribution in [-0.4, -0.2) is 9.38 Å². The van der Waals surface area contributed by atoms with E-state index in [-0.39, 0.29) is 5.56 Å². The average molecular weight is 292 g/mol. The minimum atomic E-state index is -0.0112. The van der Waals surface area contributed by atoms with Crippen LogP contribution in [-0.2, 0) is 11.5 Å². The van der Waals surface area contributed by atoms with Crippen LogP contribution in [0.1, 0.15) is 16.3 Å². The molecular weight excluding hydrogens is 280 g/mol. The minimum Gasteiger partial charge on any atom is -0.468 e. The van der Waals surface area contributed by atoms with E-state index < -0.39 is 0 Å². The molecule has 0 radical (unpaired) electrons. The first-order valence-corrected chi connectivity index (χ1v) is 7.78. The molecule has 0 aliphatic heterocycles. The fourth-order valence-corrected chi connectivity index (χ4v) is 3.46. The summed E-state index contributed by atoms with van der Waals surface area (Å²) >= 11 is 3.22. The van der Waals surface area contributed by atoms with Gasteiger partial charge in [0.15, 0.2) is 4.96 Å². The maximum Gasteiger partial charge on any atom is 0.258 e. The molecule has 0 saturated carbocycles. The van der Waals surface area contributed by atoms with E-state index >= 15 is 0 Å². The van der Waals surface area contributed by atoms with Crippen molar-refractivity contribution in [3.8, 4) is 0 Å². The van der Waals surface area contributed by atoms with E-state index in [1.54, 1.807) is 28.5 Å². The first-order valence-electron chi connectivity index (χ1n) is 5.81. The molecule has 3 heterocycles. The molecule has 98 valence electrons. The highest BCUT2D eigenvalue weighted by atomic mass is 32.2. The van der Waals surface area contributed by atoms with Gasteiger partial charge < -0.3 is 4.42 Å². The van der Waals surface area contributed by atoms with Crippen LogP contribution in [0.2, 0.25) is 0 Å². The van der Waals surface area contributed by atoms with E-state index in [0.29, 0.717) is 5.75 Å². The van der Waals surface area contributed by atoms with Crippen LogP contribution < -0.4 is 5.56 Å². The highest BCUT2D eigenvalue weighted by Crippen LogP contribution is 2.18. The van der Waals surface area contributed by atoms with Crippen LogP contribution in [0, 0.1) is 6.92 Å². The number of hydrogen-bond donors (Lipinski definition) is 0. The predicted molar refractivity (Wildman–Crippen MR) is 77.8 cm³/mol. The van der Waals surface area contributed by atoms with Crippen molar-refractivity contribution in [2.24, 2.45) is 0 Å². The SMILES string of the molecule is Cc1cn2c(=O)cc(CSCc3ccco3)nc2s1. The Bertz CT molecular complexity index is 744. The van der Waals surface area contributed by atoms with E-state index in [9.17, 15) is 4.79 Å².